The lowest BCUT2D eigenvalue weighted by Gasteiger charge is -2.17. The number of nitrogens with one attached hydrogen (secondary N) is 1. The molecule has 2 aromatic heterocycles. The number of benzene rings is 1. The second kappa shape index (κ2) is 5.31. The molecule has 0 bridgehead atoms. The average molecular weight is 308 g/mol. The zero-order valence-electron chi connectivity index (χ0n) is 11.6. The summed E-state index contributed by atoms with van der Waals surface area (Å²) in [5, 5.41) is 5.77. The number of anilines is 1. The van der Waals surface area contributed by atoms with Crippen molar-refractivity contribution >= 4 is 22.9 Å². The topological polar surface area (TPSA) is 67.8 Å². The molecule has 3 heterocycles. The minimum atomic E-state index is 0.0823. The summed E-state index contributed by atoms with van der Waals surface area (Å²) >= 11 is 1.55. The zero-order valence-corrected chi connectivity index (χ0v) is 12.4. The third kappa shape index (κ3) is 2.37. The number of hydrogen-bond donors (Lipinski definition) is 1. The molecule has 1 amide bonds. The highest BCUT2D eigenvalue weighted by Crippen LogP contribution is 2.31. The number of carbonyl (C=O) groups excluding carboxylic acids is 1. The van der Waals surface area contributed by atoms with E-state index in [1.165, 1.54) is 0 Å². The normalized spacial score (nSPS) is 13.5. The molecular formula is C16H12N4OS. The molecule has 1 aromatic carbocycles. The second-order valence-corrected chi connectivity index (χ2v) is 5.91. The van der Waals surface area contributed by atoms with Gasteiger partial charge >= 0.3 is 0 Å². The maximum atomic E-state index is 11.4. The molecule has 1 N–H and O–H groups in total. The molecule has 0 radical (unpaired) electrons. The van der Waals surface area contributed by atoms with Crippen LogP contribution in [0.2, 0.25) is 0 Å². The molecule has 108 valence electrons. The zero-order chi connectivity index (χ0) is 14.9. The molecule has 1 aliphatic rings. The lowest BCUT2D eigenvalue weighted by atomic mass is 9.99. The van der Waals surface area contributed by atoms with Crippen LogP contribution in [0.15, 0.2) is 42.2 Å². The van der Waals surface area contributed by atoms with Gasteiger partial charge in [-0.15, -0.1) is 11.3 Å². The van der Waals surface area contributed by atoms with Crippen molar-refractivity contribution in [1.82, 2.24) is 15.0 Å². The second-order valence-electron chi connectivity index (χ2n) is 5.05. The van der Waals surface area contributed by atoms with Gasteiger partial charge in [-0.05, 0) is 24.1 Å². The molecule has 0 unspecified atom stereocenters. The van der Waals surface area contributed by atoms with Crippen LogP contribution >= 0.6 is 11.3 Å². The maximum absolute atomic E-state index is 11.4. The Morgan fingerprint density at radius 2 is 2.09 bits per heavy atom. The van der Waals surface area contributed by atoms with Crippen LogP contribution in [0.3, 0.4) is 0 Å². The highest BCUT2D eigenvalue weighted by atomic mass is 32.1. The Hall–Kier alpha value is -2.60. The van der Waals surface area contributed by atoms with Gasteiger partial charge in [0.05, 0.1) is 11.9 Å². The van der Waals surface area contributed by atoms with Gasteiger partial charge in [0.2, 0.25) is 5.91 Å². The van der Waals surface area contributed by atoms with Crippen molar-refractivity contribution in [3.8, 4) is 22.0 Å². The van der Waals surface area contributed by atoms with Crippen molar-refractivity contribution in [2.45, 2.75) is 12.8 Å². The smallest absolute Gasteiger partial charge is 0.224 e. The van der Waals surface area contributed by atoms with Gasteiger partial charge in [-0.2, -0.15) is 0 Å². The molecule has 0 aliphatic carbocycles. The number of thiazole rings is 1. The molecule has 4 rings (SSSR count). The number of aryl methyl sites for hydroxylation is 1. The van der Waals surface area contributed by atoms with E-state index in [4.69, 9.17) is 0 Å². The van der Waals surface area contributed by atoms with Crippen molar-refractivity contribution in [2.24, 2.45) is 0 Å². The Balaban J connectivity index is 1.68. The lowest BCUT2D eigenvalue weighted by molar-refractivity contribution is -0.116. The van der Waals surface area contributed by atoms with E-state index in [1.54, 1.807) is 29.9 Å². The Labute approximate surface area is 131 Å². The van der Waals surface area contributed by atoms with Crippen LogP contribution in [0.1, 0.15) is 12.0 Å². The first-order valence-corrected chi connectivity index (χ1v) is 7.82. The van der Waals surface area contributed by atoms with E-state index in [0.717, 1.165) is 39.6 Å². The highest BCUT2D eigenvalue weighted by molar-refractivity contribution is 7.13. The summed E-state index contributed by atoms with van der Waals surface area (Å²) < 4.78 is 0. The van der Waals surface area contributed by atoms with Crippen LogP contribution < -0.4 is 5.32 Å². The van der Waals surface area contributed by atoms with Crippen LogP contribution in [0.4, 0.5) is 5.69 Å². The quantitative estimate of drug-likeness (QED) is 0.789. The maximum Gasteiger partial charge on any atom is 0.224 e. The van der Waals surface area contributed by atoms with Gasteiger partial charge in [0.15, 0.2) is 0 Å². The predicted molar refractivity (Wildman–Crippen MR) is 85.5 cm³/mol. The number of amides is 1. The number of hydrogen-bond acceptors (Lipinski definition) is 5. The molecule has 0 saturated heterocycles. The molecule has 22 heavy (non-hydrogen) atoms. The van der Waals surface area contributed by atoms with Crippen molar-refractivity contribution in [3.05, 3.63) is 47.7 Å². The fourth-order valence-electron chi connectivity index (χ4n) is 2.48. The fourth-order valence-corrected chi connectivity index (χ4v) is 3.27. The molecule has 0 atom stereocenters. The Morgan fingerprint density at radius 1 is 1.14 bits per heavy atom. The summed E-state index contributed by atoms with van der Waals surface area (Å²) in [4.78, 5) is 24.4. The minimum absolute atomic E-state index is 0.0823. The molecular weight excluding hydrogens is 296 g/mol. The lowest BCUT2D eigenvalue weighted by Crippen LogP contribution is -2.18. The summed E-state index contributed by atoms with van der Waals surface area (Å²) in [5.41, 5.74) is 4.83. The number of rotatable bonds is 2. The van der Waals surface area contributed by atoms with E-state index in [0.29, 0.717) is 6.42 Å². The molecule has 0 saturated carbocycles. The molecule has 1 aliphatic heterocycles. The van der Waals surface area contributed by atoms with Crippen molar-refractivity contribution < 1.29 is 4.79 Å². The minimum Gasteiger partial charge on any atom is -0.326 e. The van der Waals surface area contributed by atoms with E-state index in [2.05, 4.69) is 26.3 Å². The van der Waals surface area contributed by atoms with Crippen LogP contribution in [0.25, 0.3) is 22.0 Å². The summed E-state index contributed by atoms with van der Waals surface area (Å²) in [7, 11) is 0. The van der Waals surface area contributed by atoms with Crippen molar-refractivity contribution in [2.75, 3.05) is 5.32 Å². The van der Waals surface area contributed by atoms with Crippen molar-refractivity contribution in [3.63, 3.8) is 0 Å². The molecule has 6 heteroatoms. The van der Waals surface area contributed by atoms with Crippen LogP contribution in [0.5, 0.6) is 0 Å². The van der Waals surface area contributed by atoms with Crippen LogP contribution in [-0.4, -0.2) is 20.9 Å². The van der Waals surface area contributed by atoms with E-state index < -0.39 is 0 Å². The molecule has 5 nitrogen and oxygen atoms in total. The summed E-state index contributed by atoms with van der Waals surface area (Å²) in [6, 6.07) is 6.04. The van der Waals surface area contributed by atoms with Crippen molar-refractivity contribution in [1.29, 1.82) is 0 Å². The average Bonchev–Trinajstić information content (AvgIpc) is 3.05. The Kier molecular flexibility index (Phi) is 3.16. The number of carbonyl (C=O) groups is 1. The Bertz CT molecular complexity index is 844. The van der Waals surface area contributed by atoms with Crippen LogP contribution in [-0.2, 0) is 11.2 Å². The Morgan fingerprint density at radius 3 is 2.95 bits per heavy atom. The predicted octanol–water partition coefficient (Wildman–Crippen LogP) is 3.15. The fraction of sp³-hybridized carbons (Fsp3) is 0.125. The van der Waals surface area contributed by atoms with Gasteiger partial charge in [-0.25, -0.2) is 4.98 Å². The van der Waals surface area contributed by atoms with Gasteiger partial charge in [0, 0.05) is 35.4 Å². The third-order valence-corrected chi connectivity index (χ3v) is 4.45. The number of fused-ring (bicyclic) bond motifs is 1. The number of aromatic nitrogens is 3. The first-order valence-electron chi connectivity index (χ1n) is 6.95. The first kappa shape index (κ1) is 13.1. The monoisotopic (exact) mass is 308 g/mol. The van der Waals surface area contributed by atoms with E-state index in [-0.39, 0.29) is 5.91 Å². The van der Waals surface area contributed by atoms with Gasteiger partial charge in [-0.1, -0.05) is 6.07 Å². The molecule has 0 spiro atoms. The number of nitrogens with zero attached hydrogens (tertiary/aromatic N) is 3. The standard InChI is InChI=1S/C16H12N4OS/c21-15-4-2-10-7-11(1-3-12(10)19-15)14-9-22-16(20-14)13-8-17-5-6-18-13/h1,3,5-9H,2,4H2,(H,19,21). The summed E-state index contributed by atoms with van der Waals surface area (Å²) in [6.45, 7) is 0. The third-order valence-electron chi connectivity index (χ3n) is 3.58. The van der Waals surface area contributed by atoms with E-state index in [1.807, 2.05) is 17.5 Å². The van der Waals surface area contributed by atoms with Gasteiger partial charge in [-0.3, -0.25) is 14.8 Å². The largest absolute Gasteiger partial charge is 0.326 e. The van der Waals surface area contributed by atoms with E-state index >= 15 is 0 Å². The van der Waals surface area contributed by atoms with Gasteiger partial charge < -0.3 is 5.32 Å². The SMILES string of the molecule is O=C1CCc2cc(-c3csc(-c4cnccn4)n3)ccc2N1. The van der Waals surface area contributed by atoms with Gasteiger partial charge in [0.1, 0.15) is 10.7 Å². The highest BCUT2D eigenvalue weighted by Gasteiger charge is 2.16. The molecule has 0 fully saturated rings. The molecule has 3 aromatic rings. The van der Waals surface area contributed by atoms with E-state index in [9.17, 15) is 4.79 Å². The summed E-state index contributed by atoms with van der Waals surface area (Å²) in [6.07, 6.45) is 6.34. The first-order chi connectivity index (χ1) is 10.8. The summed E-state index contributed by atoms with van der Waals surface area (Å²) in [5.74, 6) is 0.0823. The van der Waals surface area contributed by atoms with Crippen LogP contribution in [0, 0.1) is 0 Å². The van der Waals surface area contributed by atoms with Gasteiger partial charge in [0.25, 0.3) is 0 Å².